The number of hydrogen-bond acceptors (Lipinski definition) is 4. The zero-order valence-electron chi connectivity index (χ0n) is 18.1. The first-order valence-electron chi connectivity index (χ1n) is 11.3. The molecule has 0 radical (unpaired) electrons. The van der Waals surface area contributed by atoms with Crippen molar-refractivity contribution in [1.82, 2.24) is 19.4 Å². The van der Waals surface area contributed by atoms with Crippen molar-refractivity contribution in [2.45, 2.75) is 25.3 Å². The highest BCUT2D eigenvalue weighted by molar-refractivity contribution is 6.04. The third-order valence-electron chi connectivity index (χ3n) is 7.35. The van der Waals surface area contributed by atoms with Gasteiger partial charge in [-0.1, -0.05) is 30.3 Å². The van der Waals surface area contributed by atoms with Crippen LogP contribution in [0.5, 0.6) is 5.75 Å². The summed E-state index contributed by atoms with van der Waals surface area (Å²) in [6.45, 7) is 3.01. The molecule has 0 amide bonds. The quantitative estimate of drug-likeness (QED) is 0.522. The number of rotatable bonds is 4. The summed E-state index contributed by atoms with van der Waals surface area (Å²) in [5.41, 5.74) is 4.04. The van der Waals surface area contributed by atoms with Crippen LogP contribution >= 0.6 is 0 Å². The molecular formula is C25H26N4O3. The molecular weight excluding hydrogens is 404 g/mol. The molecule has 2 atom stereocenters. The number of methoxy groups -OCH3 is 1. The molecule has 164 valence electrons. The van der Waals surface area contributed by atoms with Crippen LogP contribution in [-0.4, -0.2) is 46.2 Å². The molecule has 1 aliphatic heterocycles. The summed E-state index contributed by atoms with van der Waals surface area (Å²) in [7, 11) is 1.74. The number of H-pyrrole nitrogens is 2. The van der Waals surface area contributed by atoms with Crippen molar-refractivity contribution < 1.29 is 4.74 Å². The fraction of sp³-hybridized carbons (Fsp3) is 0.360. The van der Waals surface area contributed by atoms with Gasteiger partial charge >= 0.3 is 5.69 Å². The molecule has 1 aliphatic carbocycles. The average molecular weight is 431 g/mol. The summed E-state index contributed by atoms with van der Waals surface area (Å²) >= 11 is 0. The lowest BCUT2D eigenvalue weighted by molar-refractivity contribution is 0.303. The predicted molar refractivity (Wildman–Crippen MR) is 125 cm³/mol. The van der Waals surface area contributed by atoms with E-state index in [-0.39, 0.29) is 11.2 Å². The smallest absolute Gasteiger partial charge is 0.328 e. The normalized spacial score (nSPS) is 20.5. The first-order chi connectivity index (χ1) is 15.6. The zero-order valence-corrected chi connectivity index (χ0v) is 18.1. The Morgan fingerprint density at radius 2 is 1.88 bits per heavy atom. The molecule has 4 aromatic rings. The Labute approximate surface area is 184 Å². The SMILES string of the molecule is COc1cccc2c1CC[C@H]1CN(CCn3c(=O)[nH]c4c([nH]c5ccccc54)c3=O)C[C@@H]21. The molecule has 7 heteroatoms. The van der Waals surface area contributed by atoms with Crippen LogP contribution < -0.4 is 16.0 Å². The highest BCUT2D eigenvalue weighted by atomic mass is 16.5. The largest absolute Gasteiger partial charge is 0.496 e. The van der Waals surface area contributed by atoms with E-state index in [0.29, 0.717) is 36.0 Å². The molecule has 0 saturated carbocycles. The maximum absolute atomic E-state index is 13.1. The number of likely N-dealkylation sites (tertiary alicyclic amines) is 1. The molecule has 2 aliphatic rings. The predicted octanol–water partition coefficient (Wildman–Crippen LogP) is 2.84. The third-order valence-corrected chi connectivity index (χ3v) is 7.35. The Hall–Kier alpha value is -3.32. The van der Waals surface area contributed by atoms with Gasteiger partial charge in [0.25, 0.3) is 5.56 Å². The Kier molecular flexibility index (Phi) is 4.47. The summed E-state index contributed by atoms with van der Waals surface area (Å²) in [6.07, 6.45) is 2.20. The van der Waals surface area contributed by atoms with Crippen LogP contribution in [0.15, 0.2) is 52.1 Å². The van der Waals surface area contributed by atoms with E-state index >= 15 is 0 Å². The number of benzene rings is 2. The summed E-state index contributed by atoms with van der Waals surface area (Å²) in [5, 5.41) is 0.863. The molecule has 32 heavy (non-hydrogen) atoms. The Bertz CT molecular complexity index is 1450. The molecule has 1 saturated heterocycles. The Morgan fingerprint density at radius 1 is 1.00 bits per heavy atom. The number of fused-ring (bicyclic) bond motifs is 6. The number of hydrogen-bond donors (Lipinski definition) is 2. The second-order valence-corrected chi connectivity index (χ2v) is 9.00. The molecule has 2 N–H and O–H groups in total. The summed E-state index contributed by atoms with van der Waals surface area (Å²) in [4.78, 5) is 34.3. The van der Waals surface area contributed by atoms with Gasteiger partial charge in [-0.05, 0) is 42.0 Å². The standard InChI is InChI=1S/C25H26N4O3/c1-32-21-8-4-6-16-17(21)10-9-15-13-28(14-19(15)16)11-12-29-24(30)23-22(27-25(29)31)18-5-2-3-7-20(18)26-23/h2-8,15,19,26H,9-14H2,1H3,(H,27,31)/t15-,19+/m0/s1. The van der Waals surface area contributed by atoms with Gasteiger partial charge < -0.3 is 19.6 Å². The van der Waals surface area contributed by atoms with Gasteiger partial charge in [-0.3, -0.25) is 9.36 Å². The average Bonchev–Trinajstić information content (AvgIpc) is 3.40. The third kappa shape index (κ3) is 2.92. The Balaban J connectivity index is 1.25. The Morgan fingerprint density at radius 3 is 2.75 bits per heavy atom. The molecule has 0 unspecified atom stereocenters. The topological polar surface area (TPSA) is 83.1 Å². The molecule has 1 fully saturated rings. The minimum Gasteiger partial charge on any atom is -0.496 e. The van der Waals surface area contributed by atoms with Crippen molar-refractivity contribution in [1.29, 1.82) is 0 Å². The lowest BCUT2D eigenvalue weighted by atomic mass is 9.77. The van der Waals surface area contributed by atoms with Gasteiger partial charge in [-0.15, -0.1) is 0 Å². The number of para-hydroxylation sites is 1. The van der Waals surface area contributed by atoms with Gasteiger partial charge in [0.05, 0.1) is 12.6 Å². The van der Waals surface area contributed by atoms with E-state index < -0.39 is 0 Å². The van der Waals surface area contributed by atoms with E-state index in [1.54, 1.807) is 7.11 Å². The number of nitrogens with one attached hydrogen (secondary N) is 2. The molecule has 7 nitrogen and oxygen atoms in total. The van der Waals surface area contributed by atoms with Crippen molar-refractivity contribution in [2.24, 2.45) is 5.92 Å². The molecule has 2 aromatic heterocycles. The maximum Gasteiger partial charge on any atom is 0.328 e. The van der Waals surface area contributed by atoms with Gasteiger partial charge in [-0.25, -0.2) is 4.79 Å². The minimum atomic E-state index is -0.348. The first kappa shape index (κ1) is 19.4. The number of aromatic nitrogens is 3. The van der Waals surface area contributed by atoms with Crippen molar-refractivity contribution in [3.05, 3.63) is 74.4 Å². The van der Waals surface area contributed by atoms with Gasteiger partial charge in [0.1, 0.15) is 11.3 Å². The highest BCUT2D eigenvalue weighted by Crippen LogP contribution is 2.43. The van der Waals surface area contributed by atoms with Crippen molar-refractivity contribution in [3.63, 3.8) is 0 Å². The van der Waals surface area contributed by atoms with Crippen molar-refractivity contribution in [3.8, 4) is 5.75 Å². The van der Waals surface area contributed by atoms with Crippen molar-refractivity contribution >= 4 is 21.9 Å². The number of aromatic amines is 2. The van der Waals surface area contributed by atoms with Gasteiger partial charge in [0.15, 0.2) is 0 Å². The molecule has 3 heterocycles. The van der Waals surface area contributed by atoms with E-state index in [2.05, 4.69) is 27.0 Å². The lowest BCUT2D eigenvalue weighted by Crippen LogP contribution is -2.38. The van der Waals surface area contributed by atoms with Crippen LogP contribution in [0.4, 0.5) is 0 Å². The fourth-order valence-corrected chi connectivity index (χ4v) is 5.78. The molecule has 0 bridgehead atoms. The molecule has 2 aromatic carbocycles. The van der Waals surface area contributed by atoms with Crippen LogP contribution in [0.1, 0.15) is 23.5 Å². The van der Waals surface area contributed by atoms with Gasteiger partial charge in [-0.2, -0.15) is 0 Å². The minimum absolute atomic E-state index is 0.258. The molecule has 0 spiro atoms. The van der Waals surface area contributed by atoms with E-state index in [1.165, 1.54) is 15.7 Å². The van der Waals surface area contributed by atoms with Gasteiger partial charge in [0.2, 0.25) is 0 Å². The van der Waals surface area contributed by atoms with Gasteiger partial charge in [0, 0.05) is 43.0 Å². The van der Waals surface area contributed by atoms with E-state index in [0.717, 1.165) is 42.6 Å². The number of ether oxygens (including phenoxy) is 1. The summed E-state index contributed by atoms with van der Waals surface area (Å²) < 4.78 is 6.91. The highest BCUT2D eigenvalue weighted by Gasteiger charge is 2.38. The maximum atomic E-state index is 13.1. The zero-order chi connectivity index (χ0) is 21.8. The molecule has 6 rings (SSSR count). The van der Waals surface area contributed by atoms with Crippen LogP contribution in [0.25, 0.3) is 21.9 Å². The first-order valence-corrected chi connectivity index (χ1v) is 11.3. The lowest BCUT2D eigenvalue weighted by Gasteiger charge is -2.28. The van der Waals surface area contributed by atoms with Crippen molar-refractivity contribution in [2.75, 3.05) is 26.7 Å². The second kappa shape index (κ2) is 7.38. The monoisotopic (exact) mass is 430 g/mol. The van der Waals surface area contributed by atoms with Crippen LogP contribution in [0.2, 0.25) is 0 Å². The van der Waals surface area contributed by atoms with Crippen LogP contribution in [0, 0.1) is 5.92 Å². The number of nitrogens with zero attached hydrogens (tertiary/aromatic N) is 2. The van der Waals surface area contributed by atoms with E-state index in [4.69, 9.17) is 4.74 Å². The van der Waals surface area contributed by atoms with Crippen LogP contribution in [0.3, 0.4) is 0 Å². The van der Waals surface area contributed by atoms with E-state index in [9.17, 15) is 9.59 Å². The second-order valence-electron chi connectivity index (χ2n) is 9.00. The fourth-order valence-electron chi connectivity index (χ4n) is 5.78. The van der Waals surface area contributed by atoms with Crippen LogP contribution in [-0.2, 0) is 13.0 Å². The summed E-state index contributed by atoms with van der Waals surface area (Å²) in [5.74, 6) is 2.09. The summed E-state index contributed by atoms with van der Waals surface area (Å²) in [6, 6.07) is 14.0. The van der Waals surface area contributed by atoms with E-state index in [1.807, 2.05) is 30.3 Å².